The third kappa shape index (κ3) is 3.61. The number of carbonyl (C=O) groups is 1. The highest BCUT2D eigenvalue weighted by atomic mass is 16.2. The normalized spacial score (nSPS) is 15.5. The second-order valence-corrected chi connectivity index (χ2v) is 5.45. The Morgan fingerprint density at radius 1 is 1.05 bits per heavy atom. The average molecular weight is 296 g/mol. The van der Waals surface area contributed by atoms with Crippen molar-refractivity contribution in [3.05, 3.63) is 54.5 Å². The van der Waals surface area contributed by atoms with Crippen LogP contribution in [0, 0.1) is 0 Å². The summed E-state index contributed by atoms with van der Waals surface area (Å²) < 4.78 is 0. The van der Waals surface area contributed by atoms with Crippen molar-refractivity contribution in [2.45, 2.75) is 12.8 Å². The maximum absolute atomic E-state index is 12.4. The van der Waals surface area contributed by atoms with Crippen LogP contribution in [0.5, 0.6) is 0 Å². The molecule has 0 unspecified atom stereocenters. The molecule has 3 rings (SSSR count). The Bertz CT molecular complexity index is 603. The van der Waals surface area contributed by atoms with E-state index in [0.717, 1.165) is 44.0 Å². The number of carbonyl (C=O) groups excluding carboxylic acids is 1. The summed E-state index contributed by atoms with van der Waals surface area (Å²) in [6.45, 7) is 3.32. The van der Waals surface area contributed by atoms with Gasteiger partial charge in [-0.15, -0.1) is 0 Å². The molecule has 0 atom stereocenters. The first-order chi connectivity index (χ1) is 10.8. The predicted octanol–water partition coefficient (Wildman–Crippen LogP) is 1.76. The summed E-state index contributed by atoms with van der Waals surface area (Å²) in [5, 5.41) is 0. The summed E-state index contributed by atoms with van der Waals surface area (Å²) in [4.78, 5) is 25.1. The SMILES string of the molecule is O=C(Cc1cccnc1)N1CCCN(c2ccccn2)CC1. The maximum Gasteiger partial charge on any atom is 0.227 e. The van der Waals surface area contributed by atoms with Gasteiger partial charge in [0.15, 0.2) is 0 Å². The fraction of sp³-hybridized carbons (Fsp3) is 0.353. The number of aromatic nitrogens is 2. The highest BCUT2D eigenvalue weighted by Crippen LogP contribution is 2.13. The van der Waals surface area contributed by atoms with Crippen molar-refractivity contribution in [1.82, 2.24) is 14.9 Å². The molecule has 22 heavy (non-hydrogen) atoms. The van der Waals surface area contributed by atoms with E-state index in [0.29, 0.717) is 6.42 Å². The summed E-state index contributed by atoms with van der Waals surface area (Å²) >= 11 is 0. The lowest BCUT2D eigenvalue weighted by Crippen LogP contribution is -2.36. The minimum absolute atomic E-state index is 0.177. The molecule has 0 radical (unpaired) electrons. The van der Waals surface area contributed by atoms with Crippen molar-refractivity contribution < 1.29 is 4.79 Å². The molecule has 5 nitrogen and oxygen atoms in total. The third-order valence-electron chi connectivity index (χ3n) is 3.90. The van der Waals surface area contributed by atoms with Crippen LogP contribution in [-0.4, -0.2) is 47.0 Å². The zero-order valence-corrected chi connectivity index (χ0v) is 12.6. The minimum Gasteiger partial charge on any atom is -0.355 e. The molecular weight excluding hydrogens is 276 g/mol. The van der Waals surface area contributed by atoms with Gasteiger partial charge in [-0.25, -0.2) is 4.98 Å². The van der Waals surface area contributed by atoms with Gasteiger partial charge in [-0.3, -0.25) is 9.78 Å². The average Bonchev–Trinajstić information content (AvgIpc) is 2.83. The largest absolute Gasteiger partial charge is 0.355 e. The van der Waals surface area contributed by atoms with Crippen LogP contribution in [-0.2, 0) is 11.2 Å². The van der Waals surface area contributed by atoms with Gasteiger partial charge in [-0.1, -0.05) is 12.1 Å². The zero-order valence-electron chi connectivity index (χ0n) is 12.6. The van der Waals surface area contributed by atoms with Crippen LogP contribution in [0.4, 0.5) is 5.82 Å². The lowest BCUT2D eigenvalue weighted by Gasteiger charge is -2.22. The van der Waals surface area contributed by atoms with Gasteiger partial charge in [0.2, 0.25) is 5.91 Å². The van der Waals surface area contributed by atoms with Crippen molar-refractivity contribution in [2.24, 2.45) is 0 Å². The van der Waals surface area contributed by atoms with Crippen LogP contribution < -0.4 is 4.90 Å². The van der Waals surface area contributed by atoms with Crippen LogP contribution in [0.3, 0.4) is 0 Å². The van der Waals surface area contributed by atoms with Gasteiger partial charge in [-0.05, 0) is 30.2 Å². The maximum atomic E-state index is 12.4. The summed E-state index contributed by atoms with van der Waals surface area (Å²) in [6.07, 6.45) is 6.69. The van der Waals surface area contributed by atoms with Gasteiger partial charge < -0.3 is 9.80 Å². The number of pyridine rings is 2. The predicted molar refractivity (Wildman–Crippen MR) is 85.6 cm³/mol. The first-order valence-electron chi connectivity index (χ1n) is 7.65. The second-order valence-electron chi connectivity index (χ2n) is 5.45. The van der Waals surface area contributed by atoms with Gasteiger partial charge in [0, 0.05) is 44.8 Å². The summed E-state index contributed by atoms with van der Waals surface area (Å²) in [5.41, 5.74) is 0.971. The van der Waals surface area contributed by atoms with E-state index in [4.69, 9.17) is 0 Å². The molecule has 3 heterocycles. The van der Waals surface area contributed by atoms with Crippen LogP contribution in [0.2, 0.25) is 0 Å². The van der Waals surface area contributed by atoms with Gasteiger partial charge in [0.25, 0.3) is 0 Å². The van der Waals surface area contributed by atoms with Gasteiger partial charge >= 0.3 is 0 Å². The zero-order chi connectivity index (χ0) is 15.2. The van der Waals surface area contributed by atoms with Gasteiger partial charge in [0.1, 0.15) is 5.82 Å². The highest BCUT2D eigenvalue weighted by molar-refractivity contribution is 5.78. The Morgan fingerprint density at radius 2 is 2.00 bits per heavy atom. The molecule has 1 fully saturated rings. The number of amides is 1. The first kappa shape index (κ1) is 14.5. The lowest BCUT2D eigenvalue weighted by molar-refractivity contribution is -0.130. The standard InChI is InChI=1S/C17H20N4O/c22-17(13-15-5-3-7-18-14-15)21-10-4-9-20(11-12-21)16-6-1-2-8-19-16/h1-3,5-8,14H,4,9-13H2. The molecule has 114 valence electrons. The molecule has 1 saturated heterocycles. The molecule has 1 amide bonds. The Morgan fingerprint density at radius 3 is 2.77 bits per heavy atom. The number of hydrogen-bond acceptors (Lipinski definition) is 4. The Kier molecular flexibility index (Phi) is 4.63. The summed E-state index contributed by atoms with van der Waals surface area (Å²) in [5.74, 6) is 1.17. The quantitative estimate of drug-likeness (QED) is 0.866. The van der Waals surface area contributed by atoms with E-state index in [1.165, 1.54) is 0 Å². The van der Waals surface area contributed by atoms with Crippen molar-refractivity contribution in [3.63, 3.8) is 0 Å². The molecule has 0 saturated carbocycles. The molecule has 0 aliphatic carbocycles. The topological polar surface area (TPSA) is 49.3 Å². The molecule has 0 bridgehead atoms. The van der Waals surface area contributed by atoms with Crippen molar-refractivity contribution >= 4 is 11.7 Å². The third-order valence-corrected chi connectivity index (χ3v) is 3.90. The smallest absolute Gasteiger partial charge is 0.227 e. The van der Waals surface area contributed by atoms with E-state index in [1.807, 2.05) is 41.4 Å². The van der Waals surface area contributed by atoms with Crippen LogP contribution in [0.25, 0.3) is 0 Å². The highest BCUT2D eigenvalue weighted by Gasteiger charge is 2.19. The lowest BCUT2D eigenvalue weighted by atomic mass is 10.2. The van der Waals surface area contributed by atoms with E-state index < -0.39 is 0 Å². The monoisotopic (exact) mass is 296 g/mol. The summed E-state index contributed by atoms with van der Waals surface area (Å²) in [7, 11) is 0. The molecule has 0 spiro atoms. The Hall–Kier alpha value is -2.43. The first-order valence-corrected chi connectivity index (χ1v) is 7.65. The molecule has 1 aliphatic heterocycles. The molecule has 2 aromatic heterocycles. The Balaban J connectivity index is 1.59. The van der Waals surface area contributed by atoms with E-state index >= 15 is 0 Å². The molecule has 2 aromatic rings. The summed E-state index contributed by atoms with van der Waals surface area (Å²) in [6, 6.07) is 9.76. The van der Waals surface area contributed by atoms with Gasteiger partial charge in [-0.2, -0.15) is 0 Å². The van der Waals surface area contributed by atoms with Crippen molar-refractivity contribution in [3.8, 4) is 0 Å². The molecular formula is C17H20N4O. The molecule has 0 aromatic carbocycles. The van der Waals surface area contributed by atoms with E-state index in [1.54, 1.807) is 12.4 Å². The number of hydrogen-bond donors (Lipinski definition) is 0. The van der Waals surface area contributed by atoms with Crippen LogP contribution in [0.15, 0.2) is 48.9 Å². The van der Waals surface area contributed by atoms with E-state index in [2.05, 4.69) is 14.9 Å². The fourth-order valence-electron chi connectivity index (χ4n) is 2.73. The second kappa shape index (κ2) is 7.02. The number of anilines is 1. The fourth-order valence-corrected chi connectivity index (χ4v) is 2.73. The molecule has 0 N–H and O–H groups in total. The Labute approximate surface area is 130 Å². The van der Waals surface area contributed by atoms with Crippen LogP contribution >= 0.6 is 0 Å². The van der Waals surface area contributed by atoms with Gasteiger partial charge in [0.05, 0.1) is 6.42 Å². The van der Waals surface area contributed by atoms with E-state index in [9.17, 15) is 4.79 Å². The number of nitrogens with zero attached hydrogens (tertiary/aromatic N) is 4. The van der Waals surface area contributed by atoms with Crippen molar-refractivity contribution in [2.75, 3.05) is 31.1 Å². The van der Waals surface area contributed by atoms with Crippen molar-refractivity contribution in [1.29, 1.82) is 0 Å². The molecule has 5 heteroatoms. The van der Waals surface area contributed by atoms with E-state index in [-0.39, 0.29) is 5.91 Å². The number of rotatable bonds is 3. The minimum atomic E-state index is 0.177. The van der Waals surface area contributed by atoms with Crippen LogP contribution in [0.1, 0.15) is 12.0 Å². The molecule has 1 aliphatic rings.